The van der Waals surface area contributed by atoms with Gasteiger partial charge in [0.15, 0.2) is 11.6 Å². The second-order valence-corrected chi connectivity index (χ2v) is 8.61. The molecule has 0 spiro atoms. The molecule has 0 heterocycles. The van der Waals surface area contributed by atoms with Crippen LogP contribution < -0.4 is 15.2 Å². The molecular weight excluding hydrogens is 391 g/mol. The van der Waals surface area contributed by atoms with Crippen molar-refractivity contribution in [2.24, 2.45) is 5.14 Å². The highest BCUT2D eigenvalue weighted by Gasteiger charge is 2.34. The molecule has 7 heteroatoms. The van der Waals surface area contributed by atoms with E-state index in [0.29, 0.717) is 6.54 Å². The molecule has 0 saturated heterocycles. The zero-order valence-corrected chi connectivity index (χ0v) is 16.4. The summed E-state index contributed by atoms with van der Waals surface area (Å²) in [6, 6.07) is 21.3. The molecule has 0 radical (unpaired) electrons. The van der Waals surface area contributed by atoms with Crippen LogP contribution in [0.15, 0.2) is 77.7 Å². The quantitative estimate of drug-likeness (QED) is 0.651. The van der Waals surface area contributed by atoms with Crippen molar-refractivity contribution in [1.29, 1.82) is 0 Å². The maximum Gasteiger partial charge on any atom is 0.238 e. The number of benzene rings is 3. The highest BCUT2D eigenvalue weighted by atomic mass is 32.2. The number of halogens is 1. The van der Waals surface area contributed by atoms with Gasteiger partial charge in [0.1, 0.15) is 6.10 Å². The SMILES string of the molecule is NS(=O)(=O)c1ccc(OC2c3ccccc3CC2NCc2ccccc2)c(F)c1. The minimum atomic E-state index is -3.98. The topological polar surface area (TPSA) is 81.4 Å². The van der Waals surface area contributed by atoms with Gasteiger partial charge in [0.05, 0.1) is 10.9 Å². The Morgan fingerprint density at radius 3 is 2.48 bits per heavy atom. The Bertz CT molecular complexity index is 1120. The van der Waals surface area contributed by atoms with Crippen molar-refractivity contribution in [3.05, 3.63) is 95.3 Å². The van der Waals surface area contributed by atoms with Crippen LogP contribution in [0.3, 0.4) is 0 Å². The van der Waals surface area contributed by atoms with Gasteiger partial charge in [-0.2, -0.15) is 0 Å². The number of sulfonamides is 1. The molecule has 0 fully saturated rings. The Labute approximate surface area is 169 Å². The van der Waals surface area contributed by atoms with E-state index in [-0.39, 0.29) is 16.7 Å². The van der Waals surface area contributed by atoms with E-state index in [1.807, 2.05) is 54.6 Å². The third-order valence-corrected chi connectivity index (χ3v) is 5.97. The first-order valence-electron chi connectivity index (χ1n) is 9.26. The van der Waals surface area contributed by atoms with Gasteiger partial charge in [0.25, 0.3) is 0 Å². The van der Waals surface area contributed by atoms with E-state index in [9.17, 15) is 12.8 Å². The number of fused-ring (bicyclic) bond motifs is 1. The van der Waals surface area contributed by atoms with E-state index in [2.05, 4.69) is 5.32 Å². The highest BCUT2D eigenvalue weighted by molar-refractivity contribution is 7.89. The number of hydrogen-bond donors (Lipinski definition) is 2. The molecule has 0 saturated carbocycles. The van der Waals surface area contributed by atoms with E-state index in [1.165, 1.54) is 12.1 Å². The third-order valence-electron chi connectivity index (χ3n) is 5.06. The Morgan fingerprint density at radius 2 is 1.76 bits per heavy atom. The number of primary sulfonamides is 1. The summed E-state index contributed by atoms with van der Waals surface area (Å²) >= 11 is 0. The zero-order chi connectivity index (χ0) is 20.4. The lowest BCUT2D eigenvalue weighted by Crippen LogP contribution is -2.35. The average molecular weight is 412 g/mol. The molecule has 1 aliphatic rings. The normalized spacial score (nSPS) is 18.4. The van der Waals surface area contributed by atoms with Crippen LogP contribution in [-0.2, 0) is 23.0 Å². The van der Waals surface area contributed by atoms with Gasteiger partial charge in [-0.1, -0.05) is 54.6 Å². The molecule has 2 atom stereocenters. The van der Waals surface area contributed by atoms with Crippen molar-refractivity contribution in [1.82, 2.24) is 5.32 Å². The lowest BCUT2D eigenvalue weighted by atomic mass is 10.1. The summed E-state index contributed by atoms with van der Waals surface area (Å²) in [4.78, 5) is -0.284. The fourth-order valence-electron chi connectivity index (χ4n) is 3.62. The molecule has 0 aliphatic heterocycles. The second kappa shape index (κ2) is 7.94. The minimum Gasteiger partial charge on any atom is -0.481 e. The lowest BCUT2D eigenvalue weighted by Gasteiger charge is -2.24. The molecule has 4 rings (SSSR count). The first-order valence-corrected chi connectivity index (χ1v) is 10.8. The smallest absolute Gasteiger partial charge is 0.238 e. The standard InChI is InChI=1S/C22H21FN2O3S/c23-19-13-17(29(24,26)27)10-11-21(19)28-22-18-9-5-4-8-16(18)12-20(22)25-14-15-6-2-1-3-7-15/h1-11,13,20,22,25H,12,14H2,(H2,24,26,27). The Balaban J connectivity index is 1.58. The van der Waals surface area contributed by atoms with Gasteiger partial charge in [0, 0.05) is 6.54 Å². The molecular formula is C22H21FN2O3S. The first-order chi connectivity index (χ1) is 13.9. The van der Waals surface area contributed by atoms with Gasteiger partial charge < -0.3 is 10.1 Å². The van der Waals surface area contributed by atoms with Gasteiger partial charge in [0.2, 0.25) is 10.0 Å². The lowest BCUT2D eigenvalue weighted by molar-refractivity contribution is 0.160. The number of nitrogens with two attached hydrogens (primary N) is 1. The van der Waals surface area contributed by atoms with Crippen molar-refractivity contribution in [2.75, 3.05) is 0 Å². The summed E-state index contributed by atoms with van der Waals surface area (Å²) in [7, 11) is -3.98. The van der Waals surface area contributed by atoms with E-state index >= 15 is 0 Å². The molecule has 3 N–H and O–H groups in total. The van der Waals surface area contributed by atoms with Crippen molar-refractivity contribution >= 4 is 10.0 Å². The van der Waals surface area contributed by atoms with Gasteiger partial charge in [-0.15, -0.1) is 0 Å². The Kier molecular flexibility index (Phi) is 5.36. The maximum absolute atomic E-state index is 14.5. The maximum atomic E-state index is 14.5. The van der Waals surface area contributed by atoms with Crippen LogP contribution in [0.2, 0.25) is 0 Å². The van der Waals surface area contributed by atoms with Crippen molar-refractivity contribution in [3.63, 3.8) is 0 Å². The summed E-state index contributed by atoms with van der Waals surface area (Å²) in [6.07, 6.45) is 0.356. The molecule has 1 aliphatic carbocycles. The van der Waals surface area contributed by atoms with Gasteiger partial charge in [-0.05, 0) is 41.3 Å². The Morgan fingerprint density at radius 1 is 1.03 bits per heavy atom. The molecule has 3 aromatic rings. The van der Waals surface area contributed by atoms with Gasteiger partial charge in [-0.25, -0.2) is 17.9 Å². The van der Waals surface area contributed by atoms with Crippen LogP contribution in [0.1, 0.15) is 22.8 Å². The van der Waals surface area contributed by atoms with E-state index in [4.69, 9.17) is 9.88 Å². The first kappa shape index (κ1) is 19.6. The van der Waals surface area contributed by atoms with Crippen LogP contribution in [0.25, 0.3) is 0 Å². The molecule has 29 heavy (non-hydrogen) atoms. The molecule has 0 amide bonds. The number of rotatable bonds is 6. The third kappa shape index (κ3) is 4.32. The van der Waals surface area contributed by atoms with Crippen molar-refractivity contribution in [2.45, 2.75) is 30.0 Å². The number of ether oxygens (including phenoxy) is 1. The molecule has 5 nitrogen and oxygen atoms in total. The summed E-state index contributed by atoms with van der Waals surface area (Å²) in [6.45, 7) is 0.659. The highest BCUT2D eigenvalue weighted by Crippen LogP contribution is 2.36. The summed E-state index contributed by atoms with van der Waals surface area (Å²) < 4.78 is 43.4. The van der Waals surface area contributed by atoms with Crippen molar-refractivity contribution in [3.8, 4) is 5.75 Å². The van der Waals surface area contributed by atoms with E-state index < -0.39 is 21.9 Å². The Hall–Kier alpha value is -2.74. The van der Waals surface area contributed by atoms with Crippen molar-refractivity contribution < 1.29 is 17.5 Å². The number of hydrogen-bond acceptors (Lipinski definition) is 4. The predicted molar refractivity (Wildman–Crippen MR) is 108 cm³/mol. The number of nitrogens with one attached hydrogen (secondary N) is 1. The zero-order valence-electron chi connectivity index (χ0n) is 15.6. The van der Waals surface area contributed by atoms with Gasteiger partial charge >= 0.3 is 0 Å². The fraction of sp³-hybridized carbons (Fsp3) is 0.182. The van der Waals surface area contributed by atoms with Crippen LogP contribution in [0, 0.1) is 5.82 Å². The predicted octanol–water partition coefficient (Wildman–Crippen LogP) is 3.31. The van der Waals surface area contributed by atoms with Crippen LogP contribution in [0.5, 0.6) is 5.75 Å². The van der Waals surface area contributed by atoms with Crippen LogP contribution in [-0.4, -0.2) is 14.5 Å². The van der Waals surface area contributed by atoms with Gasteiger partial charge in [-0.3, -0.25) is 0 Å². The van der Waals surface area contributed by atoms with E-state index in [1.54, 1.807) is 0 Å². The summed E-state index contributed by atoms with van der Waals surface area (Å²) in [5.41, 5.74) is 3.28. The minimum absolute atomic E-state index is 0.00869. The molecule has 2 unspecified atom stereocenters. The molecule has 0 aromatic heterocycles. The second-order valence-electron chi connectivity index (χ2n) is 7.05. The average Bonchev–Trinajstić information content (AvgIpc) is 3.05. The van der Waals surface area contributed by atoms with Crippen LogP contribution >= 0.6 is 0 Å². The largest absolute Gasteiger partial charge is 0.481 e. The monoisotopic (exact) mass is 412 g/mol. The molecule has 0 bridgehead atoms. The molecule has 150 valence electrons. The summed E-state index contributed by atoms with van der Waals surface area (Å²) in [5.74, 6) is -0.770. The van der Waals surface area contributed by atoms with Crippen LogP contribution in [0.4, 0.5) is 4.39 Å². The van der Waals surface area contributed by atoms with E-state index in [0.717, 1.165) is 29.2 Å². The molecule has 3 aromatic carbocycles. The fourth-order valence-corrected chi connectivity index (χ4v) is 4.14. The summed E-state index contributed by atoms with van der Waals surface area (Å²) in [5, 5.41) is 8.58.